The van der Waals surface area contributed by atoms with E-state index in [1.165, 1.54) is 0 Å². The monoisotopic (exact) mass is 761 g/mol. The minimum atomic E-state index is -0.583. The van der Waals surface area contributed by atoms with E-state index in [-0.39, 0.29) is 42.9 Å². The lowest BCUT2D eigenvalue weighted by Crippen LogP contribution is -2.43. The number of hydrogen-bond donors (Lipinski definition) is 5. The molecule has 2 amide bonds. The van der Waals surface area contributed by atoms with E-state index < -0.39 is 12.2 Å². The third-order valence-electron chi connectivity index (χ3n) is 11.0. The summed E-state index contributed by atoms with van der Waals surface area (Å²) in [6.07, 6.45) is 4.19. The maximum atomic E-state index is 12.9. The second-order valence-electron chi connectivity index (χ2n) is 14.9. The summed E-state index contributed by atoms with van der Waals surface area (Å²) in [6, 6.07) is 32.2. The predicted octanol–water partition coefficient (Wildman–Crippen LogP) is 6.44. The molecule has 0 unspecified atom stereocenters. The zero-order valence-corrected chi connectivity index (χ0v) is 31.6. The number of unbranched alkanes of at least 4 members (excludes halogenated alkanes) is 2. The summed E-state index contributed by atoms with van der Waals surface area (Å²) in [5, 5.41) is 21.3. The van der Waals surface area contributed by atoms with Crippen molar-refractivity contribution in [1.29, 1.82) is 0 Å². The van der Waals surface area contributed by atoms with Crippen LogP contribution in [0.4, 0.5) is 0 Å². The van der Waals surface area contributed by atoms with Crippen molar-refractivity contribution >= 4 is 22.8 Å². The molecule has 56 heavy (non-hydrogen) atoms. The van der Waals surface area contributed by atoms with Crippen molar-refractivity contribution in [1.82, 2.24) is 25.2 Å². The number of H-pyrrole nitrogens is 1. The quantitative estimate of drug-likeness (QED) is 0.0463. The van der Waals surface area contributed by atoms with Crippen molar-refractivity contribution < 1.29 is 29.4 Å². The van der Waals surface area contributed by atoms with Crippen molar-refractivity contribution in [2.24, 2.45) is 0 Å². The highest BCUT2D eigenvalue weighted by Gasteiger charge is 2.34. The molecule has 0 aliphatic carbocycles. The van der Waals surface area contributed by atoms with E-state index in [2.05, 4.69) is 33.4 Å². The topological polar surface area (TPSA) is 158 Å². The molecule has 7 rings (SSSR count). The lowest BCUT2D eigenvalue weighted by Gasteiger charge is -2.40. The first-order chi connectivity index (χ1) is 27.4. The van der Waals surface area contributed by atoms with Gasteiger partial charge in [0.05, 0.1) is 29.8 Å². The smallest absolute Gasteiger partial charge is 0.326 e. The van der Waals surface area contributed by atoms with E-state index in [1.54, 1.807) is 5.48 Å². The number of rotatable bonds is 15. The third kappa shape index (κ3) is 9.63. The van der Waals surface area contributed by atoms with Gasteiger partial charge < -0.3 is 29.8 Å². The minimum Gasteiger partial charge on any atom is -0.392 e. The van der Waals surface area contributed by atoms with Crippen LogP contribution in [0.25, 0.3) is 22.2 Å². The molecular formula is C44H51N5O7. The number of imidazole rings is 1. The largest absolute Gasteiger partial charge is 0.392 e. The van der Waals surface area contributed by atoms with Gasteiger partial charge in [-0.1, -0.05) is 91.3 Å². The summed E-state index contributed by atoms with van der Waals surface area (Å²) in [5.41, 5.74) is 9.25. The highest BCUT2D eigenvalue weighted by molar-refractivity contribution is 5.77. The molecule has 0 radical (unpaired) electrons. The molecule has 4 aromatic carbocycles. The lowest BCUT2D eigenvalue weighted by molar-refractivity contribution is -0.253. The fourth-order valence-electron chi connectivity index (χ4n) is 7.98. The Labute approximate surface area is 326 Å². The van der Waals surface area contributed by atoms with Crippen LogP contribution in [0, 0.1) is 0 Å². The number of ether oxygens (including phenoxy) is 2. The molecule has 2 saturated heterocycles. The molecule has 2 fully saturated rings. The maximum Gasteiger partial charge on any atom is 0.326 e. The maximum absolute atomic E-state index is 12.9. The second kappa shape index (κ2) is 18.7. The Bertz CT molecular complexity index is 2120. The van der Waals surface area contributed by atoms with Gasteiger partial charge in [-0.15, -0.1) is 0 Å². The van der Waals surface area contributed by atoms with Gasteiger partial charge >= 0.3 is 5.69 Å². The molecule has 5 aromatic rings. The highest BCUT2D eigenvalue weighted by atomic mass is 16.7. The molecular weight excluding hydrogens is 711 g/mol. The number of hydroxylamine groups is 1. The van der Waals surface area contributed by atoms with E-state index in [4.69, 9.17) is 14.7 Å². The average Bonchev–Trinajstić information content (AvgIpc) is 3.58. The number of carbonyl (C=O) groups is 2. The number of benzene rings is 4. The van der Waals surface area contributed by atoms with Crippen molar-refractivity contribution in [3.05, 3.63) is 130 Å². The van der Waals surface area contributed by atoms with Crippen molar-refractivity contribution in [3.63, 3.8) is 0 Å². The summed E-state index contributed by atoms with van der Waals surface area (Å²) in [4.78, 5) is 42.1. The molecule has 2 aliphatic rings. The first kappa shape index (κ1) is 39.1. The highest BCUT2D eigenvalue weighted by Crippen LogP contribution is 2.39. The summed E-state index contributed by atoms with van der Waals surface area (Å²) in [7, 11) is 0. The number of aliphatic hydroxyl groups excluding tert-OH is 1. The molecule has 1 aromatic heterocycles. The van der Waals surface area contributed by atoms with Gasteiger partial charge in [-0.3, -0.25) is 19.4 Å². The molecule has 3 atom stereocenters. The zero-order valence-electron chi connectivity index (χ0n) is 31.6. The van der Waals surface area contributed by atoms with E-state index in [1.807, 2.05) is 83.4 Å². The van der Waals surface area contributed by atoms with Crippen LogP contribution >= 0.6 is 0 Å². The van der Waals surface area contributed by atoms with Crippen LogP contribution in [0.5, 0.6) is 0 Å². The molecule has 0 saturated carbocycles. The van der Waals surface area contributed by atoms with Crippen LogP contribution in [0.2, 0.25) is 0 Å². The molecule has 2 aliphatic heterocycles. The first-order valence-corrected chi connectivity index (χ1v) is 19.7. The summed E-state index contributed by atoms with van der Waals surface area (Å²) in [5.74, 6) is -0.459. The summed E-state index contributed by atoms with van der Waals surface area (Å²) < 4.78 is 15.3. The Morgan fingerprint density at radius 1 is 0.804 bits per heavy atom. The normalized spacial score (nSPS) is 19.2. The fraction of sp³-hybridized carbons (Fsp3) is 0.386. The Morgan fingerprint density at radius 3 is 2.25 bits per heavy atom. The SMILES string of the molecule is O=C(CCCCCC(=O)NCc1ccccc1-c1ccc([C@H]2O[C@@H](CN3CCC(n4c(=O)[nH]c5ccccc54)CC3)C[C@@H](c3ccc(CO)cc3)O2)cc1)NO. The van der Waals surface area contributed by atoms with Gasteiger partial charge in [-0.2, -0.15) is 0 Å². The summed E-state index contributed by atoms with van der Waals surface area (Å²) >= 11 is 0. The number of amides is 2. The van der Waals surface area contributed by atoms with Crippen LogP contribution in [-0.2, 0) is 32.2 Å². The number of hydrogen-bond acceptors (Lipinski definition) is 8. The van der Waals surface area contributed by atoms with Crippen molar-refractivity contribution in [2.75, 3.05) is 19.6 Å². The van der Waals surface area contributed by atoms with Gasteiger partial charge in [0.2, 0.25) is 11.8 Å². The fourth-order valence-corrected chi connectivity index (χ4v) is 7.98. The van der Waals surface area contributed by atoms with Crippen LogP contribution in [0.15, 0.2) is 102 Å². The van der Waals surface area contributed by atoms with Crippen LogP contribution in [0.3, 0.4) is 0 Å². The Hall–Kier alpha value is -5.11. The zero-order chi connectivity index (χ0) is 38.9. The number of aromatic amines is 1. The number of likely N-dealkylation sites (tertiary alicyclic amines) is 1. The number of nitrogens with one attached hydrogen (secondary N) is 3. The van der Waals surface area contributed by atoms with Gasteiger partial charge in [0, 0.05) is 57.0 Å². The third-order valence-corrected chi connectivity index (χ3v) is 11.0. The van der Waals surface area contributed by atoms with Gasteiger partial charge in [-0.05, 0) is 65.6 Å². The van der Waals surface area contributed by atoms with E-state index >= 15 is 0 Å². The average molecular weight is 762 g/mol. The molecule has 5 N–H and O–H groups in total. The number of aliphatic hydroxyl groups is 1. The molecule has 294 valence electrons. The number of nitrogens with zero attached hydrogens (tertiary/aromatic N) is 2. The summed E-state index contributed by atoms with van der Waals surface area (Å²) in [6.45, 7) is 2.85. The molecule has 0 spiro atoms. The molecule has 3 heterocycles. The Balaban J connectivity index is 0.999. The number of aromatic nitrogens is 2. The van der Waals surface area contributed by atoms with Gasteiger partial charge in [0.15, 0.2) is 6.29 Å². The van der Waals surface area contributed by atoms with E-state index in [0.717, 1.165) is 83.3 Å². The van der Waals surface area contributed by atoms with Crippen molar-refractivity contribution in [3.8, 4) is 11.1 Å². The van der Waals surface area contributed by atoms with Crippen molar-refractivity contribution in [2.45, 2.75) is 89.1 Å². The molecule has 12 heteroatoms. The number of piperidine rings is 1. The van der Waals surface area contributed by atoms with Gasteiger partial charge in [-0.25, -0.2) is 10.3 Å². The van der Waals surface area contributed by atoms with Crippen LogP contribution < -0.4 is 16.5 Å². The molecule has 0 bridgehead atoms. The van der Waals surface area contributed by atoms with E-state index in [9.17, 15) is 19.5 Å². The van der Waals surface area contributed by atoms with Crippen LogP contribution in [0.1, 0.15) is 92.1 Å². The number of para-hydroxylation sites is 2. The number of fused-ring (bicyclic) bond motifs is 1. The first-order valence-electron chi connectivity index (χ1n) is 19.7. The van der Waals surface area contributed by atoms with E-state index in [0.29, 0.717) is 32.2 Å². The number of carbonyl (C=O) groups excluding carboxylic acids is 2. The van der Waals surface area contributed by atoms with Crippen LogP contribution in [-0.4, -0.2) is 62.3 Å². The minimum absolute atomic E-state index is 0.0162. The standard InChI is InChI=1S/C44H51N5O7/c50-29-30-14-16-32(17-15-30)40-26-36(28-48-24-22-35(23-25-48)49-39-11-7-6-10-38(39)46-44(49)53)55-43(56-40)33-20-18-31(19-21-33)37-9-5-4-8-34(37)27-45-41(51)12-2-1-3-13-42(52)47-54/h4-11,14-21,35-36,40,43,50,54H,1-3,12-13,22-29H2,(H,45,51)(H,46,53)(H,47,52)/t36-,40+,43+/m1/s1. The predicted molar refractivity (Wildman–Crippen MR) is 212 cm³/mol. The van der Waals surface area contributed by atoms with Gasteiger partial charge in [0.25, 0.3) is 0 Å². The van der Waals surface area contributed by atoms with Gasteiger partial charge in [0.1, 0.15) is 0 Å². The lowest BCUT2D eigenvalue weighted by atomic mass is 9.97. The molecule has 12 nitrogen and oxygen atoms in total. The Morgan fingerprint density at radius 2 is 1.50 bits per heavy atom. The Kier molecular flexibility index (Phi) is 13.1. The second-order valence-corrected chi connectivity index (χ2v) is 14.9.